The van der Waals surface area contributed by atoms with Crippen LogP contribution in [-0.4, -0.2) is 22.5 Å². The molecule has 0 aliphatic heterocycles. The van der Waals surface area contributed by atoms with Gasteiger partial charge in [0, 0.05) is 16.6 Å². The van der Waals surface area contributed by atoms with E-state index in [1.807, 2.05) is 27.7 Å². The largest absolute Gasteiger partial charge is 0.351 e. The summed E-state index contributed by atoms with van der Waals surface area (Å²) in [4.78, 5) is 12.7. The molecule has 0 heterocycles. The minimum absolute atomic E-state index is 0.00437. The molecule has 1 atom stereocenters. The second-order valence-electron chi connectivity index (χ2n) is 9.68. The summed E-state index contributed by atoms with van der Waals surface area (Å²) >= 11 is 0. The fourth-order valence-electron chi connectivity index (χ4n) is 3.01. The predicted octanol–water partition coefficient (Wildman–Crippen LogP) is 2.80. The highest BCUT2D eigenvalue weighted by molar-refractivity contribution is 5.80. The van der Waals surface area contributed by atoms with Crippen LogP contribution in [0.2, 0.25) is 0 Å². The molecule has 0 spiro atoms. The van der Waals surface area contributed by atoms with Crippen LogP contribution in [-0.2, 0) is 4.79 Å². The third kappa shape index (κ3) is 9.10. The lowest BCUT2D eigenvalue weighted by molar-refractivity contribution is -0.129. The minimum atomic E-state index is -0.599. The summed E-state index contributed by atoms with van der Waals surface area (Å²) in [6.45, 7) is 18.3. The Morgan fingerprint density at radius 3 is 1.67 bits per heavy atom. The monoisotopic (exact) mass is 299 g/mol. The Morgan fingerprint density at radius 2 is 1.38 bits per heavy atom. The zero-order chi connectivity index (χ0) is 17.3. The number of carbonyl (C=O) groups is 1. The molecule has 126 valence electrons. The first-order chi connectivity index (χ1) is 8.93. The minimum Gasteiger partial charge on any atom is -0.351 e. The van der Waals surface area contributed by atoms with Gasteiger partial charge in [0.25, 0.3) is 0 Å². The first-order valence-electron chi connectivity index (χ1n) is 7.83. The quantitative estimate of drug-likeness (QED) is 0.705. The van der Waals surface area contributed by atoms with E-state index in [1.165, 1.54) is 0 Å². The maximum Gasteiger partial charge on any atom is 0.225 e. The van der Waals surface area contributed by atoms with E-state index in [2.05, 4.69) is 39.9 Å². The van der Waals surface area contributed by atoms with Crippen LogP contribution in [0.5, 0.6) is 0 Å². The van der Waals surface area contributed by atoms with Gasteiger partial charge in [0.2, 0.25) is 5.91 Å². The summed E-state index contributed by atoms with van der Waals surface area (Å²) in [5.74, 6) is -0.313. The standard InChI is InChI=1S/C17H37N3O/c1-14(2,3)11-16(6,7)20-13(21)12(17(8,9)19)10-15(4,5)18/h12H,10-11,18-19H2,1-9H3,(H,20,21). The summed E-state index contributed by atoms with van der Waals surface area (Å²) in [7, 11) is 0. The number of rotatable bonds is 6. The van der Waals surface area contributed by atoms with Crippen LogP contribution in [0, 0.1) is 11.3 Å². The average molecular weight is 300 g/mol. The van der Waals surface area contributed by atoms with Crippen molar-refractivity contribution >= 4 is 5.91 Å². The molecule has 0 fully saturated rings. The van der Waals surface area contributed by atoms with Gasteiger partial charge in [-0.25, -0.2) is 0 Å². The molecule has 0 aromatic heterocycles. The van der Waals surface area contributed by atoms with Crippen molar-refractivity contribution in [2.24, 2.45) is 22.8 Å². The number of nitrogens with two attached hydrogens (primary N) is 2. The van der Waals surface area contributed by atoms with E-state index in [0.29, 0.717) is 6.42 Å². The van der Waals surface area contributed by atoms with E-state index in [9.17, 15) is 4.79 Å². The van der Waals surface area contributed by atoms with Crippen molar-refractivity contribution in [1.29, 1.82) is 0 Å². The van der Waals surface area contributed by atoms with E-state index in [-0.39, 0.29) is 22.8 Å². The van der Waals surface area contributed by atoms with Crippen LogP contribution < -0.4 is 16.8 Å². The van der Waals surface area contributed by atoms with Gasteiger partial charge in [-0.3, -0.25) is 4.79 Å². The van der Waals surface area contributed by atoms with Crippen LogP contribution in [0.3, 0.4) is 0 Å². The van der Waals surface area contributed by atoms with Gasteiger partial charge in [0.15, 0.2) is 0 Å². The number of hydrogen-bond acceptors (Lipinski definition) is 3. The lowest BCUT2D eigenvalue weighted by Gasteiger charge is -2.39. The topological polar surface area (TPSA) is 81.1 Å². The zero-order valence-electron chi connectivity index (χ0n) is 15.6. The summed E-state index contributed by atoms with van der Waals surface area (Å²) in [5.41, 5.74) is 11.2. The fraction of sp³-hybridized carbons (Fsp3) is 0.941. The van der Waals surface area contributed by atoms with Crippen LogP contribution in [0.1, 0.15) is 75.2 Å². The maximum absolute atomic E-state index is 12.7. The Balaban J connectivity index is 5.08. The molecule has 5 N–H and O–H groups in total. The van der Waals surface area contributed by atoms with Crippen molar-refractivity contribution in [3.63, 3.8) is 0 Å². The summed E-state index contributed by atoms with van der Waals surface area (Å²) in [6.07, 6.45) is 1.46. The Kier molecular flexibility index (Phi) is 6.07. The van der Waals surface area contributed by atoms with Crippen molar-refractivity contribution < 1.29 is 4.79 Å². The molecule has 21 heavy (non-hydrogen) atoms. The molecule has 0 aliphatic carbocycles. The van der Waals surface area contributed by atoms with Crippen molar-refractivity contribution in [1.82, 2.24) is 5.32 Å². The lowest BCUT2D eigenvalue weighted by Crippen LogP contribution is -2.56. The summed E-state index contributed by atoms with van der Waals surface area (Å²) < 4.78 is 0. The van der Waals surface area contributed by atoms with Gasteiger partial charge in [0.1, 0.15) is 0 Å². The highest BCUT2D eigenvalue weighted by Gasteiger charge is 2.38. The van der Waals surface area contributed by atoms with E-state index < -0.39 is 11.1 Å². The molecule has 0 aromatic carbocycles. The van der Waals surface area contributed by atoms with E-state index in [4.69, 9.17) is 11.5 Å². The average Bonchev–Trinajstić information content (AvgIpc) is 2.05. The molecule has 0 saturated carbocycles. The van der Waals surface area contributed by atoms with Crippen LogP contribution in [0.4, 0.5) is 0 Å². The van der Waals surface area contributed by atoms with Gasteiger partial charge >= 0.3 is 0 Å². The molecule has 0 aliphatic rings. The fourth-order valence-corrected chi connectivity index (χ4v) is 3.01. The molecule has 0 radical (unpaired) electrons. The maximum atomic E-state index is 12.7. The van der Waals surface area contributed by atoms with E-state index >= 15 is 0 Å². The highest BCUT2D eigenvalue weighted by Crippen LogP contribution is 2.29. The lowest BCUT2D eigenvalue weighted by atomic mass is 9.77. The SMILES string of the molecule is CC(C)(C)CC(C)(C)NC(=O)C(CC(C)(C)N)C(C)(C)N. The predicted molar refractivity (Wildman–Crippen MR) is 90.9 cm³/mol. The summed E-state index contributed by atoms with van der Waals surface area (Å²) in [6, 6.07) is 0. The van der Waals surface area contributed by atoms with Crippen molar-refractivity contribution in [2.45, 2.75) is 91.8 Å². The van der Waals surface area contributed by atoms with Crippen LogP contribution in [0.15, 0.2) is 0 Å². The van der Waals surface area contributed by atoms with Crippen LogP contribution in [0.25, 0.3) is 0 Å². The smallest absolute Gasteiger partial charge is 0.225 e. The molecule has 1 amide bonds. The van der Waals surface area contributed by atoms with Gasteiger partial charge in [-0.15, -0.1) is 0 Å². The normalized spacial score (nSPS) is 15.8. The molecule has 0 aromatic rings. The number of carbonyl (C=O) groups excluding carboxylic acids is 1. The van der Waals surface area contributed by atoms with Crippen LogP contribution >= 0.6 is 0 Å². The van der Waals surface area contributed by atoms with Gasteiger partial charge in [0.05, 0.1) is 5.92 Å². The molecular formula is C17H37N3O. The molecule has 0 bridgehead atoms. The Bertz CT molecular complexity index is 354. The third-order valence-electron chi connectivity index (χ3n) is 3.38. The molecule has 4 nitrogen and oxygen atoms in total. The van der Waals surface area contributed by atoms with Gasteiger partial charge in [-0.1, -0.05) is 20.8 Å². The van der Waals surface area contributed by atoms with Gasteiger partial charge < -0.3 is 16.8 Å². The third-order valence-corrected chi connectivity index (χ3v) is 3.38. The first kappa shape index (κ1) is 20.4. The van der Waals surface area contributed by atoms with E-state index in [0.717, 1.165) is 6.42 Å². The molecule has 4 heteroatoms. The second-order valence-corrected chi connectivity index (χ2v) is 9.68. The molecule has 0 rings (SSSR count). The second kappa shape index (κ2) is 6.25. The Labute approximate surface area is 131 Å². The highest BCUT2D eigenvalue weighted by atomic mass is 16.2. The Hall–Kier alpha value is -0.610. The zero-order valence-corrected chi connectivity index (χ0v) is 15.6. The van der Waals surface area contributed by atoms with Crippen molar-refractivity contribution in [2.75, 3.05) is 0 Å². The molecule has 0 saturated heterocycles. The first-order valence-corrected chi connectivity index (χ1v) is 7.83. The van der Waals surface area contributed by atoms with Gasteiger partial charge in [-0.2, -0.15) is 0 Å². The number of nitrogens with one attached hydrogen (secondary N) is 1. The summed E-state index contributed by atoms with van der Waals surface area (Å²) in [5, 5.41) is 3.17. The van der Waals surface area contributed by atoms with E-state index in [1.54, 1.807) is 0 Å². The molecule has 1 unspecified atom stereocenters. The number of hydrogen-bond donors (Lipinski definition) is 3. The molecular weight excluding hydrogens is 262 g/mol. The van der Waals surface area contributed by atoms with Crippen molar-refractivity contribution in [3.8, 4) is 0 Å². The van der Waals surface area contributed by atoms with Crippen molar-refractivity contribution in [3.05, 3.63) is 0 Å². The number of amides is 1. The van der Waals surface area contributed by atoms with Gasteiger partial charge in [-0.05, 0) is 59.8 Å². The Morgan fingerprint density at radius 1 is 0.952 bits per heavy atom.